The Kier molecular flexibility index (Phi) is 4.95. The van der Waals surface area contributed by atoms with E-state index in [0.29, 0.717) is 11.3 Å². The molecule has 0 bridgehead atoms. The van der Waals surface area contributed by atoms with Crippen LogP contribution in [0.2, 0.25) is 0 Å². The average Bonchev–Trinajstić information content (AvgIpc) is 2.79. The number of nitrogens with zero attached hydrogens (tertiary/aromatic N) is 1. The van der Waals surface area contributed by atoms with Gasteiger partial charge in [-0.1, -0.05) is 25.1 Å². The maximum atomic E-state index is 13.5. The van der Waals surface area contributed by atoms with Crippen molar-refractivity contribution in [2.75, 3.05) is 0 Å². The zero-order valence-corrected chi connectivity index (χ0v) is 12.8. The highest BCUT2D eigenvalue weighted by Gasteiger charge is 2.13. The number of nitrogens with one attached hydrogen (secondary N) is 1. The predicted molar refractivity (Wildman–Crippen MR) is 80.0 cm³/mol. The summed E-state index contributed by atoms with van der Waals surface area (Å²) in [4.78, 5) is 12.2. The predicted octanol–water partition coefficient (Wildman–Crippen LogP) is 3.73. The molecule has 0 saturated carbocycles. The van der Waals surface area contributed by atoms with E-state index in [4.69, 9.17) is 0 Å². The van der Waals surface area contributed by atoms with Crippen LogP contribution in [0.25, 0.3) is 0 Å². The Morgan fingerprint density at radius 1 is 1.40 bits per heavy atom. The van der Waals surface area contributed by atoms with E-state index in [1.807, 2.05) is 10.8 Å². The second-order valence-corrected chi connectivity index (χ2v) is 5.43. The molecule has 1 aromatic carbocycles. The van der Waals surface area contributed by atoms with Crippen molar-refractivity contribution in [2.24, 2.45) is 0 Å². The van der Waals surface area contributed by atoms with Crippen LogP contribution in [0.5, 0.6) is 0 Å². The summed E-state index contributed by atoms with van der Waals surface area (Å²) in [5, 5.41) is 2.75. The van der Waals surface area contributed by atoms with E-state index in [9.17, 15) is 9.18 Å². The summed E-state index contributed by atoms with van der Waals surface area (Å²) in [6, 6.07) is 8.20. The Morgan fingerprint density at radius 2 is 2.15 bits per heavy atom. The third-order valence-electron chi connectivity index (χ3n) is 2.96. The van der Waals surface area contributed by atoms with Gasteiger partial charge in [0.2, 0.25) is 0 Å². The second kappa shape index (κ2) is 6.70. The second-order valence-electron chi connectivity index (χ2n) is 4.51. The summed E-state index contributed by atoms with van der Waals surface area (Å²) in [6.45, 7) is 3.00. The van der Waals surface area contributed by atoms with Gasteiger partial charge in [0.25, 0.3) is 5.91 Å². The first-order valence-electron chi connectivity index (χ1n) is 6.49. The minimum absolute atomic E-state index is 0.181. The molecule has 0 atom stereocenters. The van der Waals surface area contributed by atoms with Crippen molar-refractivity contribution in [1.29, 1.82) is 0 Å². The summed E-state index contributed by atoms with van der Waals surface area (Å²) in [6.07, 6.45) is 2.82. The van der Waals surface area contributed by atoms with Crippen LogP contribution in [-0.2, 0) is 13.1 Å². The third kappa shape index (κ3) is 3.48. The van der Waals surface area contributed by atoms with Crippen molar-refractivity contribution >= 4 is 21.8 Å². The molecule has 106 valence electrons. The molecule has 20 heavy (non-hydrogen) atoms. The van der Waals surface area contributed by atoms with Gasteiger partial charge in [-0.2, -0.15) is 0 Å². The van der Waals surface area contributed by atoms with Crippen molar-refractivity contribution in [1.82, 2.24) is 9.88 Å². The number of aryl methyl sites for hydroxylation is 1. The molecule has 1 heterocycles. The zero-order valence-electron chi connectivity index (χ0n) is 11.2. The lowest BCUT2D eigenvalue weighted by Gasteiger charge is -2.09. The largest absolute Gasteiger partial charge is 0.347 e. The van der Waals surface area contributed by atoms with Crippen LogP contribution in [0.4, 0.5) is 4.39 Å². The number of hydrogen-bond donors (Lipinski definition) is 1. The molecule has 0 radical (unpaired) electrons. The first kappa shape index (κ1) is 14.8. The van der Waals surface area contributed by atoms with E-state index in [2.05, 4.69) is 28.2 Å². The Balaban J connectivity index is 2.07. The van der Waals surface area contributed by atoms with Crippen LogP contribution in [0.15, 0.2) is 41.0 Å². The number of hydrogen-bond acceptors (Lipinski definition) is 1. The fourth-order valence-corrected chi connectivity index (χ4v) is 2.46. The van der Waals surface area contributed by atoms with E-state index < -0.39 is 0 Å². The molecule has 0 spiro atoms. The highest BCUT2D eigenvalue weighted by atomic mass is 79.9. The summed E-state index contributed by atoms with van der Waals surface area (Å²) in [7, 11) is 0. The minimum Gasteiger partial charge on any atom is -0.347 e. The molecule has 2 aromatic rings. The van der Waals surface area contributed by atoms with Crippen molar-refractivity contribution in [2.45, 2.75) is 26.4 Å². The highest BCUT2D eigenvalue weighted by Crippen LogP contribution is 2.16. The molecule has 2 rings (SSSR count). The summed E-state index contributed by atoms with van der Waals surface area (Å²) < 4.78 is 16.2. The van der Waals surface area contributed by atoms with Gasteiger partial charge in [-0.25, -0.2) is 4.39 Å². The normalized spacial score (nSPS) is 10.6. The molecule has 0 fully saturated rings. The average molecular weight is 339 g/mol. The van der Waals surface area contributed by atoms with Gasteiger partial charge in [-0.15, -0.1) is 0 Å². The molecule has 1 aromatic heterocycles. The van der Waals surface area contributed by atoms with Gasteiger partial charge in [-0.3, -0.25) is 4.79 Å². The first-order valence-corrected chi connectivity index (χ1v) is 7.28. The van der Waals surface area contributed by atoms with E-state index in [-0.39, 0.29) is 18.3 Å². The Morgan fingerprint density at radius 3 is 2.85 bits per heavy atom. The molecular formula is C15H16BrFN2O. The lowest BCUT2D eigenvalue weighted by molar-refractivity contribution is 0.0941. The molecular weight excluding hydrogens is 323 g/mol. The maximum Gasteiger partial charge on any atom is 0.268 e. The topological polar surface area (TPSA) is 34.0 Å². The molecule has 0 aliphatic heterocycles. The quantitative estimate of drug-likeness (QED) is 0.885. The van der Waals surface area contributed by atoms with Crippen molar-refractivity contribution < 1.29 is 9.18 Å². The molecule has 1 N–H and O–H groups in total. The number of carbonyl (C=O) groups excluding carboxylic acids is 1. The number of amides is 1. The standard InChI is InChI=1S/C15H16BrFN2O/c1-2-7-19-10-12(16)8-14(19)15(20)18-9-11-5-3-4-6-13(11)17/h3-6,8,10H,2,7,9H2,1H3,(H,18,20). The molecule has 3 nitrogen and oxygen atoms in total. The van der Waals surface area contributed by atoms with E-state index in [1.165, 1.54) is 6.07 Å². The lowest BCUT2D eigenvalue weighted by atomic mass is 10.2. The SMILES string of the molecule is CCCn1cc(Br)cc1C(=O)NCc1ccccc1F. The Labute approximate surface area is 125 Å². The molecule has 0 unspecified atom stereocenters. The van der Waals surface area contributed by atoms with E-state index >= 15 is 0 Å². The van der Waals surface area contributed by atoms with Crippen LogP contribution in [0.3, 0.4) is 0 Å². The third-order valence-corrected chi connectivity index (χ3v) is 3.39. The van der Waals surface area contributed by atoms with Gasteiger partial charge in [0.05, 0.1) is 0 Å². The van der Waals surface area contributed by atoms with Crippen molar-refractivity contribution in [3.63, 3.8) is 0 Å². The van der Waals surface area contributed by atoms with Crippen LogP contribution in [0.1, 0.15) is 29.4 Å². The van der Waals surface area contributed by atoms with Crippen LogP contribution in [-0.4, -0.2) is 10.5 Å². The van der Waals surface area contributed by atoms with E-state index in [0.717, 1.165) is 17.4 Å². The number of aromatic nitrogens is 1. The van der Waals surface area contributed by atoms with Gasteiger partial charge in [-0.05, 0) is 34.5 Å². The fraction of sp³-hybridized carbons (Fsp3) is 0.267. The summed E-state index contributed by atoms with van der Waals surface area (Å²) >= 11 is 3.37. The molecule has 0 aliphatic carbocycles. The molecule has 0 aliphatic rings. The maximum absolute atomic E-state index is 13.5. The van der Waals surface area contributed by atoms with Gasteiger partial charge in [0.1, 0.15) is 11.5 Å². The van der Waals surface area contributed by atoms with Gasteiger partial charge in [0.15, 0.2) is 0 Å². The molecule has 1 amide bonds. The summed E-state index contributed by atoms with van der Waals surface area (Å²) in [5.74, 6) is -0.509. The molecule has 0 saturated heterocycles. The number of halogens is 2. The highest BCUT2D eigenvalue weighted by molar-refractivity contribution is 9.10. The van der Waals surface area contributed by atoms with Gasteiger partial charge < -0.3 is 9.88 Å². The van der Waals surface area contributed by atoms with Crippen molar-refractivity contribution in [3.8, 4) is 0 Å². The van der Waals surface area contributed by atoms with Gasteiger partial charge in [0, 0.05) is 29.3 Å². The van der Waals surface area contributed by atoms with Crippen LogP contribution < -0.4 is 5.32 Å². The number of carbonyl (C=O) groups is 1. The first-order chi connectivity index (χ1) is 9.61. The Hall–Kier alpha value is -1.62. The number of benzene rings is 1. The fourth-order valence-electron chi connectivity index (χ4n) is 2.00. The Bertz CT molecular complexity index is 610. The zero-order chi connectivity index (χ0) is 14.5. The molecule has 5 heteroatoms. The smallest absolute Gasteiger partial charge is 0.268 e. The minimum atomic E-state index is -0.307. The van der Waals surface area contributed by atoms with Crippen LogP contribution in [0, 0.1) is 5.82 Å². The van der Waals surface area contributed by atoms with E-state index in [1.54, 1.807) is 24.3 Å². The van der Waals surface area contributed by atoms with Gasteiger partial charge >= 0.3 is 0 Å². The lowest BCUT2D eigenvalue weighted by Crippen LogP contribution is -2.25. The van der Waals surface area contributed by atoms with Crippen LogP contribution >= 0.6 is 15.9 Å². The van der Waals surface area contributed by atoms with Crippen molar-refractivity contribution in [3.05, 3.63) is 58.1 Å². The summed E-state index contributed by atoms with van der Waals surface area (Å²) in [5.41, 5.74) is 1.06. The monoisotopic (exact) mass is 338 g/mol. The number of rotatable bonds is 5.